The molecule has 1 aromatic rings. The molecular formula is C20H32O. The van der Waals surface area contributed by atoms with E-state index in [0.717, 1.165) is 6.61 Å². The summed E-state index contributed by atoms with van der Waals surface area (Å²) in [6.07, 6.45) is 16.8. The molecule has 0 saturated carbocycles. The normalized spacial score (nSPS) is 11.3. The summed E-state index contributed by atoms with van der Waals surface area (Å²) in [4.78, 5) is 0. The average molecular weight is 288 g/mol. The molecule has 0 spiro atoms. The van der Waals surface area contributed by atoms with E-state index < -0.39 is 0 Å². The quantitative estimate of drug-likeness (QED) is 0.306. The molecule has 0 fully saturated rings. The largest absolute Gasteiger partial charge is 0.373 e. The lowest BCUT2D eigenvalue weighted by Crippen LogP contribution is -1.92. The first kappa shape index (κ1) is 18.0. The minimum Gasteiger partial charge on any atom is -0.373 e. The van der Waals surface area contributed by atoms with E-state index >= 15 is 0 Å². The van der Waals surface area contributed by atoms with E-state index in [9.17, 15) is 0 Å². The van der Waals surface area contributed by atoms with Gasteiger partial charge in [-0.2, -0.15) is 0 Å². The van der Waals surface area contributed by atoms with E-state index in [1.54, 1.807) is 0 Å². The molecule has 0 bridgehead atoms. The van der Waals surface area contributed by atoms with E-state index in [1.165, 1.54) is 63.4 Å². The second-order valence-corrected chi connectivity index (χ2v) is 5.74. The highest BCUT2D eigenvalue weighted by molar-refractivity contribution is 5.13. The summed E-state index contributed by atoms with van der Waals surface area (Å²) in [6.45, 7) is 3.71. The number of allylic oxidation sites excluding steroid dienone is 1. The van der Waals surface area contributed by atoms with Crippen molar-refractivity contribution in [2.75, 3.05) is 6.61 Å². The van der Waals surface area contributed by atoms with Gasteiger partial charge in [-0.25, -0.2) is 0 Å². The zero-order valence-electron chi connectivity index (χ0n) is 13.7. The number of hydrogen-bond acceptors (Lipinski definition) is 1. The number of unbranched alkanes of at least 4 members (excludes halogenated alkanes) is 8. The topological polar surface area (TPSA) is 9.23 Å². The van der Waals surface area contributed by atoms with Gasteiger partial charge in [0.2, 0.25) is 0 Å². The van der Waals surface area contributed by atoms with Crippen molar-refractivity contribution < 1.29 is 4.74 Å². The van der Waals surface area contributed by atoms with Crippen molar-refractivity contribution >= 4 is 0 Å². The van der Waals surface area contributed by atoms with Gasteiger partial charge in [0, 0.05) is 0 Å². The van der Waals surface area contributed by atoms with Gasteiger partial charge < -0.3 is 4.74 Å². The summed E-state index contributed by atoms with van der Waals surface area (Å²) in [5.41, 5.74) is 1.24. The SMILES string of the molecule is CCCCCCCCCCC=CCOCc1ccccc1. The van der Waals surface area contributed by atoms with E-state index in [0.29, 0.717) is 6.61 Å². The van der Waals surface area contributed by atoms with Crippen molar-refractivity contribution in [3.63, 3.8) is 0 Å². The standard InChI is InChI=1S/C20H32O/c1-2-3-4-5-6-7-8-9-10-11-15-18-21-19-20-16-13-12-14-17-20/h11-17H,2-10,18-19H2,1H3. The number of hydrogen-bond donors (Lipinski definition) is 0. The van der Waals surface area contributed by atoms with Crippen LogP contribution < -0.4 is 0 Å². The molecule has 0 aliphatic heterocycles. The van der Waals surface area contributed by atoms with Gasteiger partial charge in [0.05, 0.1) is 13.2 Å². The highest BCUT2D eigenvalue weighted by Gasteiger charge is 1.91. The molecule has 0 saturated heterocycles. The molecule has 1 aromatic carbocycles. The number of benzene rings is 1. The first-order valence-corrected chi connectivity index (χ1v) is 8.70. The Kier molecular flexibility index (Phi) is 11.9. The maximum atomic E-state index is 5.62. The first-order chi connectivity index (χ1) is 10.4. The van der Waals surface area contributed by atoms with E-state index in [-0.39, 0.29) is 0 Å². The zero-order valence-corrected chi connectivity index (χ0v) is 13.7. The van der Waals surface area contributed by atoms with Crippen LogP contribution in [0.3, 0.4) is 0 Å². The van der Waals surface area contributed by atoms with Crippen LogP contribution in [0.5, 0.6) is 0 Å². The molecule has 0 aromatic heterocycles. The predicted molar refractivity (Wildman–Crippen MR) is 92.5 cm³/mol. The van der Waals surface area contributed by atoms with Crippen LogP contribution in [0.4, 0.5) is 0 Å². The lowest BCUT2D eigenvalue weighted by atomic mass is 10.1. The van der Waals surface area contributed by atoms with E-state index in [4.69, 9.17) is 4.74 Å². The summed E-state index contributed by atoms with van der Waals surface area (Å²) >= 11 is 0. The summed E-state index contributed by atoms with van der Waals surface area (Å²) < 4.78 is 5.62. The second-order valence-electron chi connectivity index (χ2n) is 5.74. The van der Waals surface area contributed by atoms with Gasteiger partial charge >= 0.3 is 0 Å². The van der Waals surface area contributed by atoms with Gasteiger partial charge in [0.1, 0.15) is 0 Å². The van der Waals surface area contributed by atoms with Crippen LogP contribution >= 0.6 is 0 Å². The summed E-state index contributed by atoms with van der Waals surface area (Å²) in [6, 6.07) is 10.3. The molecule has 0 aliphatic carbocycles. The van der Waals surface area contributed by atoms with Crippen LogP contribution in [0.1, 0.15) is 70.3 Å². The van der Waals surface area contributed by atoms with Crippen LogP contribution in [-0.4, -0.2) is 6.61 Å². The van der Waals surface area contributed by atoms with Gasteiger partial charge in [-0.1, -0.05) is 94.4 Å². The maximum absolute atomic E-state index is 5.62. The Labute approximate surface area is 131 Å². The summed E-state index contributed by atoms with van der Waals surface area (Å²) in [7, 11) is 0. The lowest BCUT2D eigenvalue weighted by Gasteiger charge is -2.01. The first-order valence-electron chi connectivity index (χ1n) is 8.70. The minimum absolute atomic E-state index is 0.711. The number of rotatable bonds is 13. The minimum atomic E-state index is 0.711. The fraction of sp³-hybridized carbons (Fsp3) is 0.600. The Bertz CT molecular complexity index is 342. The second kappa shape index (κ2) is 13.9. The van der Waals surface area contributed by atoms with Crippen LogP contribution in [0, 0.1) is 0 Å². The van der Waals surface area contributed by atoms with Gasteiger partial charge in [0.15, 0.2) is 0 Å². The third-order valence-corrected chi connectivity index (χ3v) is 3.72. The molecule has 118 valence electrons. The van der Waals surface area contributed by atoms with Gasteiger partial charge in [-0.15, -0.1) is 0 Å². The molecule has 1 heteroatoms. The van der Waals surface area contributed by atoms with Crippen molar-refractivity contribution in [2.45, 2.75) is 71.3 Å². The molecule has 0 aliphatic rings. The highest BCUT2D eigenvalue weighted by Crippen LogP contribution is 2.09. The van der Waals surface area contributed by atoms with Crippen LogP contribution in [0.15, 0.2) is 42.5 Å². The van der Waals surface area contributed by atoms with Gasteiger partial charge in [0.25, 0.3) is 0 Å². The molecule has 0 heterocycles. The Morgan fingerprint density at radius 2 is 1.48 bits per heavy atom. The van der Waals surface area contributed by atoms with Gasteiger partial charge in [-0.05, 0) is 18.4 Å². The smallest absolute Gasteiger partial charge is 0.0721 e. The Morgan fingerprint density at radius 1 is 0.810 bits per heavy atom. The summed E-state index contributed by atoms with van der Waals surface area (Å²) in [5, 5.41) is 0. The Morgan fingerprint density at radius 3 is 2.19 bits per heavy atom. The third kappa shape index (κ3) is 11.3. The van der Waals surface area contributed by atoms with Crippen LogP contribution in [0.25, 0.3) is 0 Å². The molecule has 0 atom stereocenters. The molecule has 0 radical (unpaired) electrons. The van der Waals surface area contributed by atoms with Crippen molar-refractivity contribution in [1.29, 1.82) is 0 Å². The van der Waals surface area contributed by atoms with E-state index in [1.807, 2.05) is 6.07 Å². The number of ether oxygens (including phenoxy) is 1. The molecule has 0 amide bonds. The zero-order chi connectivity index (χ0) is 15.0. The molecule has 1 rings (SSSR count). The molecule has 0 N–H and O–H groups in total. The Balaban J connectivity index is 1.83. The van der Waals surface area contributed by atoms with Crippen molar-refractivity contribution in [3.05, 3.63) is 48.0 Å². The van der Waals surface area contributed by atoms with E-state index in [2.05, 4.69) is 43.3 Å². The van der Waals surface area contributed by atoms with Crippen LogP contribution in [0.2, 0.25) is 0 Å². The third-order valence-electron chi connectivity index (χ3n) is 3.72. The highest BCUT2D eigenvalue weighted by atomic mass is 16.5. The van der Waals surface area contributed by atoms with Crippen molar-refractivity contribution in [2.24, 2.45) is 0 Å². The van der Waals surface area contributed by atoms with Crippen molar-refractivity contribution in [1.82, 2.24) is 0 Å². The van der Waals surface area contributed by atoms with Crippen LogP contribution in [-0.2, 0) is 11.3 Å². The molecule has 21 heavy (non-hydrogen) atoms. The van der Waals surface area contributed by atoms with Crippen molar-refractivity contribution in [3.8, 4) is 0 Å². The van der Waals surface area contributed by atoms with Gasteiger partial charge in [-0.3, -0.25) is 0 Å². The summed E-state index contributed by atoms with van der Waals surface area (Å²) in [5.74, 6) is 0. The predicted octanol–water partition coefficient (Wildman–Crippen LogP) is 6.29. The molecule has 0 unspecified atom stereocenters. The maximum Gasteiger partial charge on any atom is 0.0721 e. The lowest BCUT2D eigenvalue weighted by molar-refractivity contribution is 0.148. The fourth-order valence-electron chi connectivity index (χ4n) is 2.40. The monoisotopic (exact) mass is 288 g/mol. The Hall–Kier alpha value is -1.08. The molecular weight excluding hydrogens is 256 g/mol. The average Bonchev–Trinajstić information content (AvgIpc) is 2.53. The fourth-order valence-corrected chi connectivity index (χ4v) is 2.40. The molecule has 1 nitrogen and oxygen atoms in total.